The van der Waals surface area contributed by atoms with Crippen LogP contribution in [0.2, 0.25) is 0 Å². The van der Waals surface area contributed by atoms with Crippen molar-refractivity contribution in [3.8, 4) is 17.0 Å². The fourth-order valence-corrected chi connectivity index (χ4v) is 4.77. The van der Waals surface area contributed by atoms with Crippen molar-refractivity contribution < 1.29 is 4.74 Å². The van der Waals surface area contributed by atoms with E-state index in [9.17, 15) is 0 Å². The summed E-state index contributed by atoms with van der Waals surface area (Å²) in [6, 6.07) is 8.40. The number of likely N-dealkylation sites (N-methyl/N-ethyl adjacent to an activating group) is 1. The SMILES string of the molecule is CN1CCN(c2nc(N)nc3c2CCc2cc(OCc4ccsc4)ccc2-3)CC1. The van der Waals surface area contributed by atoms with E-state index >= 15 is 0 Å². The monoisotopic (exact) mass is 407 g/mol. The van der Waals surface area contributed by atoms with Gasteiger partial charge in [-0.2, -0.15) is 16.3 Å². The zero-order valence-electron chi connectivity index (χ0n) is 16.6. The number of thiophene rings is 1. The summed E-state index contributed by atoms with van der Waals surface area (Å²) in [5.41, 5.74) is 12.0. The highest BCUT2D eigenvalue weighted by atomic mass is 32.1. The first-order valence-electron chi connectivity index (χ1n) is 10.0. The van der Waals surface area contributed by atoms with Crippen LogP contribution in [0.3, 0.4) is 0 Å². The van der Waals surface area contributed by atoms with Gasteiger partial charge < -0.3 is 20.3 Å². The Labute approximate surface area is 175 Å². The van der Waals surface area contributed by atoms with Crippen molar-refractivity contribution >= 4 is 23.1 Å². The van der Waals surface area contributed by atoms with Gasteiger partial charge in [-0.3, -0.25) is 0 Å². The van der Waals surface area contributed by atoms with Gasteiger partial charge in [-0.1, -0.05) is 0 Å². The number of ether oxygens (including phenoxy) is 1. The second kappa shape index (κ2) is 7.65. The van der Waals surface area contributed by atoms with Crippen LogP contribution >= 0.6 is 11.3 Å². The van der Waals surface area contributed by atoms with Gasteiger partial charge in [-0.05, 0) is 66.0 Å². The van der Waals surface area contributed by atoms with Gasteiger partial charge in [0.15, 0.2) is 0 Å². The van der Waals surface area contributed by atoms with E-state index in [1.807, 2.05) is 6.07 Å². The minimum atomic E-state index is 0.350. The molecule has 0 saturated carbocycles. The molecule has 150 valence electrons. The molecule has 3 aromatic rings. The summed E-state index contributed by atoms with van der Waals surface area (Å²) >= 11 is 1.69. The van der Waals surface area contributed by atoms with E-state index in [0.29, 0.717) is 12.6 Å². The molecular weight excluding hydrogens is 382 g/mol. The van der Waals surface area contributed by atoms with Gasteiger partial charge in [0.25, 0.3) is 0 Å². The van der Waals surface area contributed by atoms with Crippen LogP contribution in [0.5, 0.6) is 5.75 Å². The van der Waals surface area contributed by atoms with Gasteiger partial charge >= 0.3 is 0 Å². The molecule has 2 aliphatic rings. The van der Waals surface area contributed by atoms with Crippen molar-refractivity contribution in [1.82, 2.24) is 14.9 Å². The van der Waals surface area contributed by atoms with E-state index in [1.54, 1.807) is 11.3 Å². The molecule has 1 aromatic carbocycles. The molecule has 1 aliphatic carbocycles. The van der Waals surface area contributed by atoms with Crippen LogP contribution in [0.25, 0.3) is 11.3 Å². The Bertz CT molecular complexity index is 1010. The maximum Gasteiger partial charge on any atom is 0.222 e. The Balaban J connectivity index is 1.44. The van der Waals surface area contributed by atoms with Crippen molar-refractivity contribution in [2.45, 2.75) is 19.4 Å². The van der Waals surface area contributed by atoms with Crippen LogP contribution in [-0.4, -0.2) is 48.1 Å². The number of rotatable bonds is 4. The zero-order chi connectivity index (χ0) is 19.8. The topological polar surface area (TPSA) is 67.5 Å². The standard InChI is InChI=1S/C22H25N5OS/c1-26-7-9-27(10-8-26)21-19-4-2-16-12-17(28-13-15-6-11-29-14-15)3-5-18(16)20(19)24-22(23)25-21/h3,5-6,11-12,14H,2,4,7-10,13H2,1H3,(H2,23,24,25). The van der Waals surface area contributed by atoms with E-state index in [2.05, 4.69) is 55.8 Å². The predicted molar refractivity (Wildman–Crippen MR) is 118 cm³/mol. The third-order valence-electron chi connectivity index (χ3n) is 5.77. The highest BCUT2D eigenvalue weighted by Gasteiger charge is 2.26. The van der Waals surface area contributed by atoms with E-state index in [-0.39, 0.29) is 0 Å². The summed E-state index contributed by atoms with van der Waals surface area (Å²) in [5, 5.41) is 4.19. The fraction of sp³-hybridized carbons (Fsp3) is 0.364. The molecule has 0 atom stereocenters. The molecule has 0 radical (unpaired) electrons. The number of nitrogen functional groups attached to an aromatic ring is 1. The summed E-state index contributed by atoms with van der Waals surface area (Å²) in [6.07, 6.45) is 1.89. The zero-order valence-corrected chi connectivity index (χ0v) is 17.4. The molecule has 5 rings (SSSR count). The van der Waals surface area contributed by atoms with Crippen LogP contribution < -0.4 is 15.4 Å². The third kappa shape index (κ3) is 3.68. The van der Waals surface area contributed by atoms with Crippen molar-refractivity contribution in [1.29, 1.82) is 0 Å². The molecule has 2 N–H and O–H groups in total. The van der Waals surface area contributed by atoms with Crippen LogP contribution in [-0.2, 0) is 19.4 Å². The van der Waals surface area contributed by atoms with Gasteiger partial charge in [0.2, 0.25) is 5.95 Å². The molecule has 3 heterocycles. The Morgan fingerprint density at radius 2 is 1.97 bits per heavy atom. The first-order chi connectivity index (χ1) is 14.2. The molecule has 1 saturated heterocycles. The minimum Gasteiger partial charge on any atom is -0.489 e. The fourth-order valence-electron chi connectivity index (χ4n) is 4.12. The van der Waals surface area contributed by atoms with Crippen molar-refractivity contribution in [2.24, 2.45) is 0 Å². The van der Waals surface area contributed by atoms with Gasteiger partial charge in [0, 0.05) is 37.3 Å². The van der Waals surface area contributed by atoms with E-state index < -0.39 is 0 Å². The second-order valence-electron chi connectivity index (χ2n) is 7.76. The Morgan fingerprint density at radius 3 is 2.76 bits per heavy atom. The Hall–Kier alpha value is -2.64. The van der Waals surface area contributed by atoms with Gasteiger partial charge in [0.1, 0.15) is 18.2 Å². The van der Waals surface area contributed by atoms with Gasteiger partial charge in [-0.25, -0.2) is 4.98 Å². The maximum absolute atomic E-state index is 6.12. The normalized spacial score (nSPS) is 16.4. The Morgan fingerprint density at radius 1 is 1.10 bits per heavy atom. The number of nitrogens with two attached hydrogens (primary N) is 1. The summed E-state index contributed by atoms with van der Waals surface area (Å²) in [6.45, 7) is 4.63. The molecule has 0 amide bonds. The lowest BCUT2D eigenvalue weighted by Crippen LogP contribution is -2.45. The number of aryl methyl sites for hydroxylation is 1. The number of nitrogens with zero attached hydrogens (tertiary/aromatic N) is 4. The average Bonchev–Trinajstić information content (AvgIpc) is 3.25. The van der Waals surface area contributed by atoms with E-state index in [1.165, 1.54) is 16.7 Å². The average molecular weight is 408 g/mol. The van der Waals surface area contributed by atoms with Crippen LogP contribution in [0, 0.1) is 0 Å². The van der Waals surface area contributed by atoms with E-state index in [4.69, 9.17) is 10.5 Å². The predicted octanol–water partition coefficient (Wildman–Crippen LogP) is 3.22. The molecule has 6 nitrogen and oxygen atoms in total. The van der Waals surface area contributed by atoms with Crippen LogP contribution in [0.4, 0.5) is 11.8 Å². The summed E-state index contributed by atoms with van der Waals surface area (Å²) < 4.78 is 5.99. The highest BCUT2D eigenvalue weighted by Crippen LogP contribution is 2.38. The van der Waals surface area contributed by atoms with Gasteiger partial charge in [-0.15, -0.1) is 0 Å². The molecule has 0 bridgehead atoms. The second-order valence-corrected chi connectivity index (χ2v) is 8.54. The number of piperazine rings is 1. The number of hydrogen-bond acceptors (Lipinski definition) is 7. The van der Waals surface area contributed by atoms with Crippen LogP contribution in [0.15, 0.2) is 35.0 Å². The lowest BCUT2D eigenvalue weighted by atomic mass is 9.88. The molecule has 1 fully saturated rings. The quantitative estimate of drug-likeness (QED) is 0.716. The lowest BCUT2D eigenvalue weighted by Gasteiger charge is -2.35. The number of anilines is 2. The Kier molecular flexibility index (Phi) is 4.85. The molecule has 0 unspecified atom stereocenters. The van der Waals surface area contributed by atoms with Crippen LogP contribution in [0.1, 0.15) is 16.7 Å². The molecule has 7 heteroatoms. The summed E-state index contributed by atoms with van der Waals surface area (Å²) in [5.74, 6) is 2.27. The number of aromatic nitrogens is 2. The number of fused-ring (bicyclic) bond motifs is 3. The lowest BCUT2D eigenvalue weighted by molar-refractivity contribution is 0.306. The molecular formula is C22H25N5OS. The minimum absolute atomic E-state index is 0.350. The maximum atomic E-state index is 6.12. The summed E-state index contributed by atoms with van der Waals surface area (Å²) in [7, 11) is 2.16. The summed E-state index contributed by atoms with van der Waals surface area (Å²) in [4.78, 5) is 14.0. The van der Waals surface area contributed by atoms with Crippen molar-refractivity contribution in [2.75, 3.05) is 43.9 Å². The van der Waals surface area contributed by atoms with Crippen molar-refractivity contribution in [3.63, 3.8) is 0 Å². The first kappa shape index (κ1) is 18.4. The largest absolute Gasteiger partial charge is 0.489 e. The molecule has 2 aromatic heterocycles. The first-order valence-corrected chi connectivity index (χ1v) is 11.0. The van der Waals surface area contributed by atoms with Gasteiger partial charge in [0.05, 0.1) is 5.69 Å². The molecule has 1 aliphatic heterocycles. The molecule has 29 heavy (non-hydrogen) atoms. The highest BCUT2D eigenvalue weighted by molar-refractivity contribution is 7.07. The van der Waals surface area contributed by atoms with Crippen molar-refractivity contribution in [3.05, 3.63) is 51.7 Å². The van der Waals surface area contributed by atoms with E-state index in [0.717, 1.165) is 61.8 Å². The number of benzene rings is 1. The molecule has 0 spiro atoms. The smallest absolute Gasteiger partial charge is 0.222 e. The number of hydrogen-bond donors (Lipinski definition) is 1. The third-order valence-corrected chi connectivity index (χ3v) is 6.50.